The lowest BCUT2D eigenvalue weighted by Crippen LogP contribution is -2.20. The number of hydrogen-bond acceptors (Lipinski definition) is 5. The molecule has 0 unspecified atom stereocenters. The van der Waals surface area contributed by atoms with Gasteiger partial charge in [0.15, 0.2) is 0 Å². The van der Waals surface area contributed by atoms with E-state index in [9.17, 15) is 13.2 Å². The average Bonchev–Trinajstić information content (AvgIpc) is 2.82. The van der Waals surface area contributed by atoms with Crippen LogP contribution < -0.4 is 15.4 Å². The molecule has 2 aromatic rings. The van der Waals surface area contributed by atoms with Crippen LogP contribution in [0.1, 0.15) is 0 Å². The first-order chi connectivity index (χ1) is 9.42. The maximum absolute atomic E-state index is 11.6. The van der Waals surface area contributed by atoms with Gasteiger partial charge in [-0.3, -0.25) is 10.0 Å². The minimum atomic E-state index is -3.32. The van der Waals surface area contributed by atoms with Crippen LogP contribution in [0, 0.1) is 0 Å². The van der Waals surface area contributed by atoms with E-state index in [2.05, 4.69) is 30.5 Å². The van der Waals surface area contributed by atoms with Gasteiger partial charge in [-0.25, -0.2) is 18.3 Å². The summed E-state index contributed by atoms with van der Waals surface area (Å²) in [6.07, 6.45) is 2.32. The molecule has 0 aliphatic heterocycles. The standard InChI is InChI=1S/C10H12N6O3S/c1-20(18,19)16-8-4-2-7(3-5-8)13-10(17)14-9-11-6-12-15-9/h2-6,16H,1H3,(H3,11,12,13,14,15,17). The largest absolute Gasteiger partial charge is 0.326 e. The van der Waals surface area contributed by atoms with Crippen LogP contribution in [0.5, 0.6) is 0 Å². The van der Waals surface area contributed by atoms with Gasteiger partial charge in [-0.15, -0.1) is 0 Å². The van der Waals surface area contributed by atoms with Gasteiger partial charge in [0.2, 0.25) is 16.0 Å². The number of carbonyl (C=O) groups excluding carboxylic acids is 1. The summed E-state index contributed by atoms with van der Waals surface area (Å²) in [5.74, 6) is 0.220. The Balaban J connectivity index is 1.95. The van der Waals surface area contributed by atoms with Crippen LogP contribution >= 0.6 is 0 Å². The molecule has 0 saturated carbocycles. The van der Waals surface area contributed by atoms with E-state index in [1.165, 1.54) is 18.5 Å². The van der Waals surface area contributed by atoms with Crippen molar-refractivity contribution in [3.05, 3.63) is 30.6 Å². The number of benzene rings is 1. The number of nitrogens with zero attached hydrogens (tertiary/aromatic N) is 2. The second-order valence-electron chi connectivity index (χ2n) is 3.86. The van der Waals surface area contributed by atoms with Crippen molar-refractivity contribution in [1.29, 1.82) is 0 Å². The fraction of sp³-hybridized carbons (Fsp3) is 0.100. The van der Waals surface area contributed by atoms with E-state index in [4.69, 9.17) is 0 Å². The van der Waals surface area contributed by atoms with Crippen LogP contribution in [0.25, 0.3) is 0 Å². The minimum absolute atomic E-state index is 0.220. The van der Waals surface area contributed by atoms with Crippen molar-refractivity contribution in [3.63, 3.8) is 0 Å². The number of aromatic nitrogens is 3. The number of aromatic amines is 1. The summed E-state index contributed by atoms with van der Waals surface area (Å²) in [7, 11) is -3.32. The number of H-pyrrole nitrogens is 1. The first-order valence-corrected chi connectivity index (χ1v) is 7.33. The zero-order valence-corrected chi connectivity index (χ0v) is 11.2. The molecule has 2 rings (SSSR count). The number of urea groups is 1. The third kappa shape index (κ3) is 4.24. The molecule has 1 aromatic carbocycles. The van der Waals surface area contributed by atoms with E-state index < -0.39 is 16.1 Å². The van der Waals surface area contributed by atoms with Crippen LogP contribution in [0.4, 0.5) is 22.1 Å². The fourth-order valence-corrected chi connectivity index (χ4v) is 1.94. The van der Waals surface area contributed by atoms with E-state index >= 15 is 0 Å². The second kappa shape index (κ2) is 5.57. The Morgan fingerprint density at radius 1 is 1.15 bits per heavy atom. The smallest absolute Gasteiger partial charge is 0.308 e. The quantitative estimate of drug-likeness (QED) is 0.664. The highest BCUT2D eigenvalue weighted by atomic mass is 32.2. The first-order valence-electron chi connectivity index (χ1n) is 5.43. The highest BCUT2D eigenvalue weighted by Crippen LogP contribution is 2.14. The molecule has 20 heavy (non-hydrogen) atoms. The van der Waals surface area contributed by atoms with E-state index in [0.29, 0.717) is 11.4 Å². The van der Waals surface area contributed by atoms with Crippen molar-refractivity contribution in [1.82, 2.24) is 15.2 Å². The topological polar surface area (TPSA) is 129 Å². The number of amides is 2. The molecule has 9 nitrogen and oxygen atoms in total. The lowest BCUT2D eigenvalue weighted by molar-refractivity contribution is 0.262. The molecule has 106 valence electrons. The molecule has 0 atom stereocenters. The Morgan fingerprint density at radius 3 is 2.35 bits per heavy atom. The summed E-state index contributed by atoms with van der Waals surface area (Å²) >= 11 is 0. The van der Waals surface area contributed by atoms with Crippen molar-refractivity contribution < 1.29 is 13.2 Å². The van der Waals surface area contributed by atoms with Gasteiger partial charge in [0.1, 0.15) is 6.33 Å². The van der Waals surface area contributed by atoms with Crippen LogP contribution in [0.15, 0.2) is 30.6 Å². The zero-order chi connectivity index (χ0) is 14.6. The summed E-state index contributed by atoms with van der Waals surface area (Å²) in [5.41, 5.74) is 0.912. The summed E-state index contributed by atoms with van der Waals surface area (Å²) in [4.78, 5) is 15.3. The van der Waals surface area contributed by atoms with Crippen molar-refractivity contribution in [2.24, 2.45) is 0 Å². The molecule has 1 heterocycles. The number of carbonyl (C=O) groups is 1. The molecule has 0 bridgehead atoms. The maximum atomic E-state index is 11.6. The Hall–Kier alpha value is -2.62. The molecule has 1 aromatic heterocycles. The summed E-state index contributed by atoms with van der Waals surface area (Å²) in [6.45, 7) is 0. The zero-order valence-electron chi connectivity index (χ0n) is 10.4. The third-order valence-corrected chi connectivity index (χ3v) is 2.70. The van der Waals surface area contributed by atoms with Gasteiger partial charge in [-0.1, -0.05) is 0 Å². The van der Waals surface area contributed by atoms with E-state index in [0.717, 1.165) is 6.26 Å². The van der Waals surface area contributed by atoms with Crippen LogP contribution in [-0.4, -0.2) is 35.9 Å². The van der Waals surface area contributed by atoms with Crippen LogP contribution in [0.2, 0.25) is 0 Å². The summed E-state index contributed by atoms with van der Waals surface area (Å²) in [6, 6.07) is 5.70. The lowest BCUT2D eigenvalue weighted by Gasteiger charge is -2.07. The monoisotopic (exact) mass is 296 g/mol. The van der Waals surface area contributed by atoms with Gasteiger partial charge >= 0.3 is 6.03 Å². The van der Waals surface area contributed by atoms with E-state index in [-0.39, 0.29) is 5.95 Å². The summed E-state index contributed by atoms with van der Waals surface area (Å²) in [5, 5.41) is 11.1. The molecule has 0 aliphatic rings. The van der Waals surface area contributed by atoms with Gasteiger partial charge in [0.05, 0.1) is 6.26 Å². The molecule has 4 N–H and O–H groups in total. The highest BCUT2D eigenvalue weighted by molar-refractivity contribution is 7.92. The molecular weight excluding hydrogens is 284 g/mol. The van der Waals surface area contributed by atoms with Gasteiger partial charge in [0.25, 0.3) is 0 Å². The van der Waals surface area contributed by atoms with Gasteiger partial charge in [-0.05, 0) is 24.3 Å². The molecule has 0 radical (unpaired) electrons. The fourth-order valence-electron chi connectivity index (χ4n) is 1.37. The third-order valence-electron chi connectivity index (χ3n) is 2.09. The van der Waals surface area contributed by atoms with Crippen LogP contribution in [-0.2, 0) is 10.0 Å². The first kappa shape index (κ1) is 13.8. The predicted octanol–water partition coefficient (Wildman–Crippen LogP) is 0.820. The minimum Gasteiger partial charge on any atom is -0.308 e. The van der Waals surface area contributed by atoms with Gasteiger partial charge in [0, 0.05) is 11.4 Å². The molecular formula is C10H12N6O3S. The SMILES string of the molecule is CS(=O)(=O)Nc1ccc(NC(=O)Nc2ncn[nH]2)cc1. The Morgan fingerprint density at radius 2 is 1.80 bits per heavy atom. The normalized spacial score (nSPS) is 10.8. The second-order valence-corrected chi connectivity index (χ2v) is 5.61. The van der Waals surface area contributed by atoms with Crippen molar-refractivity contribution in [3.8, 4) is 0 Å². The Kier molecular flexibility index (Phi) is 3.84. The lowest BCUT2D eigenvalue weighted by atomic mass is 10.3. The van der Waals surface area contributed by atoms with Gasteiger partial charge < -0.3 is 5.32 Å². The predicted molar refractivity (Wildman–Crippen MR) is 73.9 cm³/mol. The van der Waals surface area contributed by atoms with Crippen molar-refractivity contribution in [2.75, 3.05) is 21.6 Å². The molecule has 0 aliphatic carbocycles. The highest BCUT2D eigenvalue weighted by Gasteiger charge is 2.05. The molecule has 0 saturated heterocycles. The molecule has 10 heteroatoms. The van der Waals surface area contributed by atoms with Crippen molar-refractivity contribution in [2.45, 2.75) is 0 Å². The van der Waals surface area contributed by atoms with Crippen molar-refractivity contribution >= 4 is 33.4 Å². The molecule has 0 fully saturated rings. The summed E-state index contributed by atoms with van der Waals surface area (Å²) < 4.78 is 24.4. The maximum Gasteiger partial charge on any atom is 0.326 e. The number of nitrogens with one attached hydrogen (secondary N) is 4. The number of anilines is 3. The number of sulfonamides is 1. The van der Waals surface area contributed by atoms with Crippen LogP contribution in [0.3, 0.4) is 0 Å². The number of rotatable bonds is 4. The Labute approximate surface area is 114 Å². The van der Waals surface area contributed by atoms with E-state index in [1.54, 1.807) is 12.1 Å². The van der Waals surface area contributed by atoms with E-state index in [1.807, 2.05) is 0 Å². The molecule has 0 spiro atoms. The molecule has 2 amide bonds. The number of hydrogen-bond donors (Lipinski definition) is 4. The Bertz CT molecular complexity index is 680. The average molecular weight is 296 g/mol. The van der Waals surface area contributed by atoms with Gasteiger partial charge in [-0.2, -0.15) is 10.1 Å².